The molecule has 0 bridgehead atoms. The fourth-order valence-electron chi connectivity index (χ4n) is 2.86. The lowest BCUT2D eigenvalue weighted by Crippen LogP contribution is -2.27. The van der Waals surface area contributed by atoms with Crippen molar-refractivity contribution in [2.24, 2.45) is 5.92 Å². The molecule has 0 fully saturated rings. The first kappa shape index (κ1) is 28.3. The monoisotopic (exact) mass is 483 g/mol. The Morgan fingerprint density at radius 2 is 1.67 bits per heavy atom. The van der Waals surface area contributed by atoms with E-state index in [4.69, 9.17) is 14.9 Å². The third-order valence-corrected chi connectivity index (χ3v) is 6.23. The van der Waals surface area contributed by atoms with Crippen LogP contribution < -0.4 is 0 Å². The standard InChI is InChI=1S/C23H33NO8S/c1-16-7-10-19(11-8-16)33(29,30)15-18(24)6-5-13-31-20(25)12-9-17(22(27)28)14-21(26)32-23(2,3)4/h7-8,10-11,17,24H,5-6,9,12-15H2,1-4H3,(H,27,28). The Kier molecular flexibility index (Phi) is 10.7. The number of sulfone groups is 1. The van der Waals surface area contributed by atoms with Crippen LogP contribution in [0.25, 0.3) is 0 Å². The maximum atomic E-state index is 12.3. The van der Waals surface area contributed by atoms with Gasteiger partial charge in [0.2, 0.25) is 0 Å². The molecule has 9 nitrogen and oxygen atoms in total. The predicted molar refractivity (Wildman–Crippen MR) is 122 cm³/mol. The lowest BCUT2D eigenvalue weighted by molar-refractivity contribution is -0.160. The third kappa shape index (κ3) is 11.6. The number of carbonyl (C=O) groups is 3. The van der Waals surface area contributed by atoms with Crippen molar-refractivity contribution in [2.45, 2.75) is 70.3 Å². The van der Waals surface area contributed by atoms with Crippen LogP contribution in [0.1, 0.15) is 58.4 Å². The molecule has 0 spiro atoms. The van der Waals surface area contributed by atoms with Crippen molar-refractivity contribution in [2.75, 3.05) is 12.4 Å². The first-order chi connectivity index (χ1) is 15.2. The Hall–Kier alpha value is -2.75. The minimum atomic E-state index is -3.60. The number of aryl methyl sites for hydroxylation is 1. The SMILES string of the molecule is Cc1ccc(S(=O)(=O)CC(=N)CCCOC(=O)CCC(CC(=O)OC(C)(C)C)C(=O)O)cc1. The van der Waals surface area contributed by atoms with Gasteiger partial charge in [-0.3, -0.25) is 14.4 Å². The summed E-state index contributed by atoms with van der Waals surface area (Å²) in [6.45, 7) is 6.86. The lowest BCUT2D eigenvalue weighted by Gasteiger charge is -2.20. The van der Waals surface area contributed by atoms with Crippen LogP contribution in [-0.2, 0) is 33.7 Å². The van der Waals surface area contributed by atoms with Gasteiger partial charge < -0.3 is 20.0 Å². The highest BCUT2D eigenvalue weighted by Gasteiger charge is 2.26. The topological polar surface area (TPSA) is 148 Å². The van der Waals surface area contributed by atoms with Gasteiger partial charge in [-0.15, -0.1) is 0 Å². The molecule has 10 heteroatoms. The molecule has 0 saturated carbocycles. The van der Waals surface area contributed by atoms with Gasteiger partial charge in [-0.2, -0.15) is 0 Å². The van der Waals surface area contributed by atoms with Crippen molar-refractivity contribution in [1.82, 2.24) is 0 Å². The van der Waals surface area contributed by atoms with Crippen LogP contribution in [0.4, 0.5) is 0 Å². The first-order valence-corrected chi connectivity index (χ1v) is 12.3. The van der Waals surface area contributed by atoms with Gasteiger partial charge in [0.1, 0.15) is 5.60 Å². The van der Waals surface area contributed by atoms with Gasteiger partial charge in [-0.25, -0.2) is 8.42 Å². The molecule has 2 N–H and O–H groups in total. The average Bonchev–Trinajstić information content (AvgIpc) is 2.66. The van der Waals surface area contributed by atoms with Gasteiger partial charge in [-0.1, -0.05) is 17.7 Å². The molecular weight excluding hydrogens is 450 g/mol. The van der Waals surface area contributed by atoms with Crippen molar-refractivity contribution in [3.8, 4) is 0 Å². The van der Waals surface area contributed by atoms with E-state index in [0.29, 0.717) is 0 Å². The third-order valence-electron chi connectivity index (χ3n) is 4.51. The number of carboxylic acid groups (broad SMARTS) is 1. The van der Waals surface area contributed by atoms with E-state index in [2.05, 4.69) is 0 Å². The van der Waals surface area contributed by atoms with Crippen molar-refractivity contribution >= 4 is 33.5 Å². The number of carboxylic acids is 1. The van der Waals surface area contributed by atoms with E-state index < -0.39 is 45.0 Å². The molecule has 1 aromatic carbocycles. The summed E-state index contributed by atoms with van der Waals surface area (Å²) in [5.41, 5.74) is 0.215. The van der Waals surface area contributed by atoms with Crippen LogP contribution in [-0.4, -0.2) is 55.1 Å². The number of ether oxygens (including phenoxy) is 2. The fraction of sp³-hybridized carbons (Fsp3) is 0.565. The maximum absolute atomic E-state index is 12.3. The minimum absolute atomic E-state index is 0.00919. The molecule has 33 heavy (non-hydrogen) atoms. The number of nitrogens with one attached hydrogen (secondary N) is 1. The van der Waals surface area contributed by atoms with Crippen LogP contribution in [0.15, 0.2) is 29.2 Å². The number of carbonyl (C=O) groups excluding carboxylic acids is 2. The summed E-state index contributed by atoms with van der Waals surface area (Å²) in [4.78, 5) is 35.2. The van der Waals surface area contributed by atoms with Crippen molar-refractivity contribution in [3.63, 3.8) is 0 Å². The van der Waals surface area contributed by atoms with E-state index in [1.165, 1.54) is 12.1 Å². The largest absolute Gasteiger partial charge is 0.481 e. The molecule has 0 aliphatic rings. The van der Waals surface area contributed by atoms with E-state index in [1.54, 1.807) is 32.9 Å². The molecule has 0 radical (unpaired) electrons. The van der Waals surface area contributed by atoms with Gasteiger partial charge in [0.15, 0.2) is 9.84 Å². The molecule has 0 heterocycles. The smallest absolute Gasteiger partial charge is 0.307 e. The summed E-state index contributed by atoms with van der Waals surface area (Å²) in [6.07, 6.45) is -0.174. The quantitative estimate of drug-likeness (QED) is 0.247. The molecule has 1 unspecified atom stereocenters. The molecule has 0 aromatic heterocycles. The normalized spacial score (nSPS) is 12.6. The minimum Gasteiger partial charge on any atom is -0.481 e. The zero-order chi connectivity index (χ0) is 25.2. The molecule has 0 amide bonds. The molecule has 1 aromatic rings. The number of esters is 2. The molecule has 1 atom stereocenters. The Labute approximate surface area is 194 Å². The Morgan fingerprint density at radius 1 is 1.06 bits per heavy atom. The lowest BCUT2D eigenvalue weighted by atomic mass is 9.99. The summed E-state index contributed by atoms with van der Waals surface area (Å²) in [6, 6.07) is 6.40. The number of hydrogen-bond acceptors (Lipinski definition) is 8. The van der Waals surface area contributed by atoms with Crippen molar-refractivity contribution in [1.29, 1.82) is 5.41 Å². The van der Waals surface area contributed by atoms with E-state index in [1.807, 2.05) is 6.92 Å². The second kappa shape index (κ2) is 12.5. The van der Waals surface area contributed by atoms with Crippen LogP contribution in [0, 0.1) is 18.3 Å². The fourth-order valence-corrected chi connectivity index (χ4v) is 4.18. The Bertz CT molecular complexity index is 946. The summed E-state index contributed by atoms with van der Waals surface area (Å²) in [5, 5.41) is 17.2. The summed E-state index contributed by atoms with van der Waals surface area (Å²) < 4.78 is 34.8. The van der Waals surface area contributed by atoms with Gasteiger partial charge in [0.25, 0.3) is 0 Å². The van der Waals surface area contributed by atoms with Crippen LogP contribution in [0.5, 0.6) is 0 Å². The summed E-state index contributed by atoms with van der Waals surface area (Å²) >= 11 is 0. The van der Waals surface area contributed by atoms with Crippen molar-refractivity contribution < 1.29 is 37.4 Å². The van der Waals surface area contributed by atoms with Gasteiger partial charge >= 0.3 is 17.9 Å². The molecule has 0 saturated heterocycles. The molecule has 184 valence electrons. The summed E-state index contributed by atoms with van der Waals surface area (Å²) in [7, 11) is -3.60. The second-order valence-corrected chi connectivity index (χ2v) is 10.9. The first-order valence-electron chi connectivity index (χ1n) is 10.7. The van der Waals surface area contributed by atoms with Crippen molar-refractivity contribution in [3.05, 3.63) is 29.8 Å². The number of rotatable bonds is 13. The highest BCUT2D eigenvalue weighted by Crippen LogP contribution is 2.17. The average molecular weight is 484 g/mol. The zero-order valence-electron chi connectivity index (χ0n) is 19.5. The highest BCUT2D eigenvalue weighted by atomic mass is 32.2. The second-order valence-electron chi connectivity index (χ2n) is 8.86. The Balaban J connectivity index is 2.36. The van der Waals surface area contributed by atoms with Gasteiger partial charge in [0, 0.05) is 12.1 Å². The van der Waals surface area contributed by atoms with E-state index in [0.717, 1.165) is 5.56 Å². The maximum Gasteiger partial charge on any atom is 0.307 e. The van der Waals surface area contributed by atoms with E-state index >= 15 is 0 Å². The van der Waals surface area contributed by atoms with E-state index in [9.17, 15) is 27.9 Å². The predicted octanol–water partition coefficient (Wildman–Crippen LogP) is 3.32. The summed E-state index contributed by atoms with van der Waals surface area (Å²) in [5.74, 6) is -3.94. The Morgan fingerprint density at radius 3 is 2.21 bits per heavy atom. The number of hydrogen-bond donors (Lipinski definition) is 2. The molecular formula is C23H33NO8S. The van der Waals surface area contributed by atoms with Gasteiger partial charge in [0.05, 0.1) is 29.6 Å². The molecule has 1 rings (SSSR count). The van der Waals surface area contributed by atoms with Crippen LogP contribution >= 0.6 is 0 Å². The molecule has 0 aliphatic heterocycles. The number of aliphatic carboxylic acids is 1. The van der Waals surface area contributed by atoms with E-state index in [-0.39, 0.29) is 49.3 Å². The van der Waals surface area contributed by atoms with Crippen LogP contribution in [0.3, 0.4) is 0 Å². The van der Waals surface area contributed by atoms with Gasteiger partial charge in [-0.05, 0) is 59.1 Å². The number of benzene rings is 1. The highest BCUT2D eigenvalue weighted by molar-refractivity contribution is 7.92. The molecule has 0 aliphatic carbocycles. The zero-order valence-corrected chi connectivity index (χ0v) is 20.4. The van der Waals surface area contributed by atoms with Crippen LogP contribution in [0.2, 0.25) is 0 Å².